The molecule has 1 N–H and O–H groups in total. The number of likely N-dealkylation sites (tertiary alicyclic amines) is 1. The number of rotatable bonds is 8. The first-order valence-corrected chi connectivity index (χ1v) is 8.37. The Morgan fingerprint density at radius 1 is 1.00 bits per heavy atom. The van der Waals surface area contributed by atoms with Crippen LogP contribution >= 0.6 is 0 Å². The molecule has 2 nitrogen and oxygen atoms in total. The molecule has 0 aromatic carbocycles. The topological polar surface area (TPSA) is 15.3 Å². The molecular weight excluding hydrogens is 220 g/mol. The van der Waals surface area contributed by atoms with E-state index < -0.39 is 0 Å². The molecule has 1 saturated heterocycles. The lowest BCUT2D eigenvalue weighted by atomic mass is 10.1. The quantitative estimate of drug-likeness (QED) is 0.664. The fourth-order valence-corrected chi connectivity index (χ4v) is 3.20. The van der Waals surface area contributed by atoms with E-state index in [2.05, 4.69) is 17.1 Å². The predicted octanol–water partition coefficient (Wildman–Crippen LogP) is 3.56. The van der Waals surface area contributed by atoms with Gasteiger partial charge in [-0.15, -0.1) is 0 Å². The number of nitrogens with one attached hydrogen (secondary N) is 1. The van der Waals surface area contributed by atoms with E-state index in [1.54, 1.807) is 0 Å². The molecule has 0 spiro atoms. The Morgan fingerprint density at radius 2 is 1.89 bits per heavy atom. The zero-order chi connectivity index (χ0) is 12.6. The Kier molecular flexibility index (Phi) is 6.50. The van der Waals surface area contributed by atoms with Gasteiger partial charge in [-0.25, -0.2) is 0 Å². The first-order chi connectivity index (χ1) is 8.90. The fraction of sp³-hybridized carbons (Fsp3) is 1.00. The van der Waals surface area contributed by atoms with Crippen molar-refractivity contribution >= 4 is 0 Å². The van der Waals surface area contributed by atoms with Gasteiger partial charge in [-0.2, -0.15) is 0 Å². The van der Waals surface area contributed by atoms with Crippen molar-refractivity contribution in [2.75, 3.05) is 19.6 Å². The van der Waals surface area contributed by atoms with Crippen LogP contribution in [-0.2, 0) is 0 Å². The van der Waals surface area contributed by atoms with Crippen molar-refractivity contribution in [3.05, 3.63) is 0 Å². The maximum atomic E-state index is 3.61. The largest absolute Gasteiger partial charge is 0.314 e. The summed E-state index contributed by atoms with van der Waals surface area (Å²) in [5.41, 5.74) is 0. The first kappa shape index (κ1) is 14.3. The summed E-state index contributed by atoms with van der Waals surface area (Å²) in [6.45, 7) is 6.32. The predicted molar refractivity (Wildman–Crippen MR) is 79.0 cm³/mol. The molecule has 18 heavy (non-hydrogen) atoms. The van der Waals surface area contributed by atoms with Gasteiger partial charge < -0.3 is 10.2 Å². The zero-order valence-electron chi connectivity index (χ0n) is 12.3. The molecule has 0 aromatic rings. The lowest BCUT2D eigenvalue weighted by Crippen LogP contribution is -2.35. The Morgan fingerprint density at radius 3 is 2.67 bits per heavy atom. The third-order valence-corrected chi connectivity index (χ3v) is 4.60. The minimum atomic E-state index is 0.886. The van der Waals surface area contributed by atoms with E-state index in [4.69, 9.17) is 0 Å². The lowest BCUT2D eigenvalue weighted by molar-refractivity contribution is 0.190. The minimum Gasteiger partial charge on any atom is -0.314 e. The summed E-state index contributed by atoms with van der Waals surface area (Å²) in [5, 5.41) is 3.61. The Balaban J connectivity index is 1.52. The van der Waals surface area contributed by atoms with Crippen molar-refractivity contribution < 1.29 is 0 Å². The summed E-state index contributed by atoms with van der Waals surface area (Å²) < 4.78 is 0. The van der Waals surface area contributed by atoms with Crippen LogP contribution in [0.2, 0.25) is 0 Å². The Labute approximate surface area is 114 Å². The van der Waals surface area contributed by atoms with Crippen LogP contribution in [0.5, 0.6) is 0 Å². The second kappa shape index (κ2) is 8.16. The molecule has 0 bridgehead atoms. The van der Waals surface area contributed by atoms with Crippen molar-refractivity contribution in [3.63, 3.8) is 0 Å². The van der Waals surface area contributed by atoms with Gasteiger partial charge >= 0.3 is 0 Å². The summed E-state index contributed by atoms with van der Waals surface area (Å²) in [5.74, 6) is 0. The molecule has 2 heteroatoms. The van der Waals surface area contributed by atoms with Gasteiger partial charge in [0.25, 0.3) is 0 Å². The standard InChI is InChI=1S/C16H32N2/c1-2-16-9-5-3-7-13-18(16)14-8-4-6-12-17-15-10-11-15/h15-17H,2-14H2,1H3. The molecule has 1 heterocycles. The van der Waals surface area contributed by atoms with Gasteiger partial charge in [0, 0.05) is 12.1 Å². The fourth-order valence-electron chi connectivity index (χ4n) is 3.20. The lowest BCUT2D eigenvalue weighted by Gasteiger charge is -2.29. The third-order valence-electron chi connectivity index (χ3n) is 4.60. The van der Waals surface area contributed by atoms with Gasteiger partial charge in [0.2, 0.25) is 0 Å². The number of nitrogens with zero attached hydrogens (tertiary/aromatic N) is 1. The van der Waals surface area contributed by atoms with Gasteiger partial charge in [-0.1, -0.05) is 26.2 Å². The van der Waals surface area contributed by atoms with Crippen LogP contribution in [0.4, 0.5) is 0 Å². The average Bonchev–Trinajstić information content (AvgIpc) is 3.20. The molecular formula is C16H32N2. The molecule has 1 saturated carbocycles. The van der Waals surface area contributed by atoms with Crippen LogP contribution in [0.15, 0.2) is 0 Å². The van der Waals surface area contributed by atoms with Gasteiger partial charge in [0.15, 0.2) is 0 Å². The molecule has 0 aromatic heterocycles. The normalized spacial score (nSPS) is 26.2. The van der Waals surface area contributed by atoms with Gasteiger partial charge in [-0.3, -0.25) is 0 Å². The average molecular weight is 252 g/mol. The van der Waals surface area contributed by atoms with E-state index in [1.165, 1.54) is 83.8 Å². The summed E-state index contributed by atoms with van der Waals surface area (Å²) >= 11 is 0. The van der Waals surface area contributed by atoms with Crippen LogP contribution in [-0.4, -0.2) is 36.6 Å². The first-order valence-electron chi connectivity index (χ1n) is 8.37. The van der Waals surface area contributed by atoms with Crippen molar-refractivity contribution in [2.45, 2.75) is 83.2 Å². The Bertz CT molecular complexity index is 213. The molecule has 2 aliphatic rings. The number of hydrogen-bond donors (Lipinski definition) is 1. The summed E-state index contributed by atoms with van der Waals surface area (Å²) in [4.78, 5) is 2.78. The van der Waals surface area contributed by atoms with Crippen molar-refractivity contribution in [1.82, 2.24) is 10.2 Å². The summed E-state index contributed by atoms with van der Waals surface area (Å²) in [6.07, 6.45) is 14.2. The van der Waals surface area contributed by atoms with Crippen molar-refractivity contribution in [3.8, 4) is 0 Å². The van der Waals surface area contributed by atoms with Crippen molar-refractivity contribution in [1.29, 1.82) is 0 Å². The van der Waals surface area contributed by atoms with Gasteiger partial charge in [-0.05, 0) is 64.6 Å². The molecule has 1 unspecified atom stereocenters. The second-order valence-electron chi connectivity index (χ2n) is 6.24. The smallest absolute Gasteiger partial charge is 0.00926 e. The molecule has 2 rings (SSSR count). The molecule has 2 fully saturated rings. The third kappa shape index (κ3) is 5.27. The van der Waals surface area contributed by atoms with E-state index in [0.717, 1.165) is 12.1 Å². The SMILES string of the molecule is CCC1CCCCCN1CCCCCNC1CC1. The van der Waals surface area contributed by atoms with Crippen LogP contribution < -0.4 is 5.32 Å². The molecule has 1 aliphatic heterocycles. The monoisotopic (exact) mass is 252 g/mol. The molecule has 0 amide bonds. The summed E-state index contributed by atoms with van der Waals surface area (Å²) in [6, 6.07) is 1.78. The van der Waals surface area contributed by atoms with E-state index in [1.807, 2.05) is 0 Å². The zero-order valence-corrected chi connectivity index (χ0v) is 12.3. The van der Waals surface area contributed by atoms with Gasteiger partial charge in [0.05, 0.1) is 0 Å². The second-order valence-corrected chi connectivity index (χ2v) is 6.24. The van der Waals surface area contributed by atoms with E-state index in [-0.39, 0.29) is 0 Å². The Hall–Kier alpha value is -0.0800. The van der Waals surface area contributed by atoms with E-state index in [0.29, 0.717) is 0 Å². The maximum absolute atomic E-state index is 3.61. The van der Waals surface area contributed by atoms with Crippen molar-refractivity contribution in [2.24, 2.45) is 0 Å². The molecule has 1 aliphatic carbocycles. The highest BCUT2D eigenvalue weighted by Crippen LogP contribution is 2.20. The van der Waals surface area contributed by atoms with E-state index in [9.17, 15) is 0 Å². The van der Waals surface area contributed by atoms with Crippen LogP contribution in [0.3, 0.4) is 0 Å². The molecule has 1 atom stereocenters. The summed E-state index contributed by atoms with van der Waals surface area (Å²) in [7, 11) is 0. The van der Waals surface area contributed by atoms with Crippen LogP contribution in [0, 0.1) is 0 Å². The number of unbranched alkanes of at least 4 members (excludes halogenated alkanes) is 2. The molecule has 0 radical (unpaired) electrons. The van der Waals surface area contributed by atoms with Crippen LogP contribution in [0.25, 0.3) is 0 Å². The van der Waals surface area contributed by atoms with Gasteiger partial charge in [0.1, 0.15) is 0 Å². The minimum absolute atomic E-state index is 0.886. The van der Waals surface area contributed by atoms with Crippen LogP contribution in [0.1, 0.15) is 71.1 Å². The highest BCUT2D eigenvalue weighted by molar-refractivity contribution is 4.80. The number of hydrogen-bond acceptors (Lipinski definition) is 2. The highest BCUT2D eigenvalue weighted by Gasteiger charge is 2.20. The highest BCUT2D eigenvalue weighted by atomic mass is 15.1. The maximum Gasteiger partial charge on any atom is 0.00926 e. The molecule has 106 valence electrons. The van der Waals surface area contributed by atoms with E-state index >= 15 is 0 Å².